The number of para-hydroxylation sites is 2. The van der Waals surface area contributed by atoms with E-state index in [1.165, 1.54) is 10.8 Å². The number of hydrogen-bond acceptors (Lipinski definition) is 4. The number of methoxy groups -OCH3 is 2. The van der Waals surface area contributed by atoms with Crippen molar-refractivity contribution in [2.45, 2.75) is 0 Å². The molecule has 0 bridgehead atoms. The number of rotatable bonds is 10. The van der Waals surface area contributed by atoms with E-state index in [0.717, 1.165) is 78.3 Å². The van der Waals surface area contributed by atoms with Crippen LogP contribution in [0.2, 0.25) is 0 Å². The Labute approximate surface area is 327 Å². The third kappa shape index (κ3) is 7.04. The molecule has 9 aromatic carbocycles. The van der Waals surface area contributed by atoms with Gasteiger partial charge in [-0.25, -0.2) is 0 Å². The zero-order valence-corrected chi connectivity index (χ0v) is 31.3. The van der Waals surface area contributed by atoms with E-state index in [4.69, 9.17) is 9.47 Å². The monoisotopic (exact) mass is 724 g/mol. The summed E-state index contributed by atoms with van der Waals surface area (Å²) in [6.07, 6.45) is 4.37. The molecule has 9 rings (SSSR count). The van der Waals surface area contributed by atoms with E-state index >= 15 is 0 Å². The number of ether oxygens (including phenoxy) is 2. The maximum absolute atomic E-state index is 5.46. The molecule has 0 saturated carbocycles. The summed E-state index contributed by atoms with van der Waals surface area (Å²) in [6.45, 7) is 0. The number of anilines is 6. The van der Waals surface area contributed by atoms with Crippen LogP contribution in [0.3, 0.4) is 0 Å². The molecule has 270 valence electrons. The Hall–Kier alpha value is -7.30. The molecule has 0 radical (unpaired) electrons. The summed E-state index contributed by atoms with van der Waals surface area (Å²) in [5.74, 6) is 1.72. The van der Waals surface area contributed by atoms with Crippen LogP contribution < -0.4 is 19.3 Å². The summed E-state index contributed by atoms with van der Waals surface area (Å²) in [5.41, 5.74) is 8.90. The van der Waals surface area contributed by atoms with E-state index in [9.17, 15) is 0 Å². The lowest BCUT2D eigenvalue weighted by atomic mass is 10.0. The van der Waals surface area contributed by atoms with Crippen LogP contribution in [0.15, 0.2) is 194 Å². The highest BCUT2D eigenvalue weighted by molar-refractivity contribution is 5.94. The predicted octanol–water partition coefficient (Wildman–Crippen LogP) is 14.3. The minimum atomic E-state index is 0.858. The molecule has 4 nitrogen and oxygen atoms in total. The van der Waals surface area contributed by atoms with Crippen molar-refractivity contribution in [3.8, 4) is 11.5 Å². The van der Waals surface area contributed by atoms with Gasteiger partial charge in [-0.3, -0.25) is 0 Å². The summed E-state index contributed by atoms with van der Waals surface area (Å²) in [4.78, 5) is 4.61. The first-order valence-corrected chi connectivity index (χ1v) is 18.8. The quantitative estimate of drug-likeness (QED) is 0.131. The Morgan fingerprint density at radius 3 is 1.12 bits per heavy atom. The van der Waals surface area contributed by atoms with Gasteiger partial charge in [0, 0.05) is 34.1 Å². The first-order chi connectivity index (χ1) is 27.6. The molecular weight excluding hydrogens is 685 g/mol. The minimum absolute atomic E-state index is 0.858. The minimum Gasteiger partial charge on any atom is -0.497 e. The van der Waals surface area contributed by atoms with E-state index in [0.29, 0.717) is 0 Å². The second-order valence-electron chi connectivity index (χ2n) is 13.9. The highest BCUT2D eigenvalue weighted by atomic mass is 16.5. The van der Waals surface area contributed by atoms with Crippen LogP contribution >= 0.6 is 0 Å². The first kappa shape index (κ1) is 34.5. The summed E-state index contributed by atoms with van der Waals surface area (Å²) in [7, 11) is 3.41. The van der Waals surface area contributed by atoms with Crippen molar-refractivity contribution in [3.63, 3.8) is 0 Å². The van der Waals surface area contributed by atoms with Gasteiger partial charge in [0.2, 0.25) is 0 Å². The van der Waals surface area contributed by atoms with Gasteiger partial charge >= 0.3 is 0 Å². The lowest BCUT2D eigenvalue weighted by Gasteiger charge is -2.26. The average Bonchev–Trinajstić information content (AvgIpc) is 3.26. The molecule has 0 aliphatic heterocycles. The van der Waals surface area contributed by atoms with Crippen molar-refractivity contribution in [2.24, 2.45) is 0 Å². The zero-order valence-electron chi connectivity index (χ0n) is 31.3. The van der Waals surface area contributed by atoms with Crippen molar-refractivity contribution in [1.29, 1.82) is 0 Å². The Balaban J connectivity index is 0.981. The van der Waals surface area contributed by atoms with Crippen molar-refractivity contribution < 1.29 is 9.47 Å². The highest BCUT2D eigenvalue weighted by Crippen LogP contribution is 2.39. The first-order valence-electron chi connectivity index (χ1n) is 18.8. The molecular formula is C52H40N2O2. The lowest BCUT2D eigenvalue weighted by molar-refractivity contribution is 0.415. The number of nitrogens with zero attached hydrogens (tertiary/aromatic N) is 2. The fraction of sp³-hybridized carbons (Fsp3) is 0.0385. The second-order valence-corrected chi connectivity index (χ2v) is 13.9. The van der Waals surface area contributed by atoms with Crippen molar-refractivity contribution >= 4 is 78.6 Å². The Morgan fingerprint density at radius 1 is 0.304 bits per heavy atom. The van der Waals surface area contributed by atoms with E-state index in [1.54, 1.807) is 14.2 Å². The molecule has 0 aromatic heterocycles. The molecule has 0 atom stereocenters. The van der Waals surface area contributed by atoms with E-state index in [1.807, 2.05) is 12.1 Å². The van der Waals surface area contributed by atoms with Gasteiger partial charge in [0.15, 0.2) is 0 Å². The maximum Gasteiger partial charge on any atom is 0.119 e. The molecule has 0 saturated heterocycles. The van der Waals surface area contributed by atoms with Gasteiger partial charge in [-0.1, -0.05) is 103 Å². The second kappa shape index (κ2) is 15.2. The zero-order chi connectivity index (χ0) is 37.8. The van der Waals surface area contributed by atoms with Gasteiger partial charge in [0.05, 0.1) is 14.2 Å². The molecule has 0 N–H and O–H groups in total. The Kier molecular flexibility index (Phi) is 9.36. The molecule has 0 spiro atoms. The van der Waals surface area contributed by atoms with Gasteiger partial charge in [0.25, 0.3) is 0 Å². The smallest absolute Gasteiger partial charge is 0.119 e. The third-order valence-corrected chi connectivity index (χ3v) is 10.3. The van der Waals surface area contributed by atoms with Gasteiger partial charge in [-0.2, -0.15) is 0 Å². The van der Waals surface area contributed by atoms with Crippen LogP contribution in [0, 0.1) is 0 Å². The lowest BCUT2D eigenvalue weighted by Crippen LogP contribution is -2.09. The SMILES string of the molecule is COc1ccc2cc(N(c3ccccc3)c3ccc(/C=C/c4ccc5cc(N(c6ccccc6)c6ccc7cc(OC)ccc7c6)ccc5c4)cc3)ccc2c1. The largest absolute Gasteiger partial charge is 0.497 e. The van der Waals surface area contributed by atoms with E-state index < -0.39 is 0 Å². The van der Waals surface area contributed by atoms with Gasteiger partial charge in [0.1, 0.15) is 11.5 Å². The molecule has 0 unspecified atom stereocenters. The summed E-state index contributed by atoms with van der Waals surface area (Å²) in [6, 6.07) is 68.8. The topological polar surface area (TPSA) is 24.9 Å². The van der Waals surface area contributed by atoms with Gasteiger partial charge in [-0.05, 0) is 147 Å². The standard InChI is InChI=1S/C52H40N2O2/c1-55-51-29-22-41-33-48(27-20-43(41)35-51)53(45-9-5-3-6-10-45)47-24-16-37(17-25-47)13-14-38-15-18-40-32-49(26-19-39(40)31-38)54(46-11-7-4-8-12-46)50-28-21-44-36-52(56-2)30-23-42(44)34-50/h3-36H,1-2H3/b14-13+. The molecule has 56 heavy (non-hydrogen) atoms. The predicted molar refractivity (Wildman–Crippen MR) is 237 cm³/mol. The number of benzene rings is 9. The summed E-state index contributed by atoms with van der Waals surface area (Å²) >= 11 is 0. The van der Waals surface area contributed by atoms with Crippen molar-refractivity contribution in [1.82, 2.24) is 0 Å². The maximum atomic E-state index is 5.46. The summed E-state index contributed by atoms with van der Waals surface area (Å²) < 4.78 is 10.9. The fourth-order valence-corrected chi connectivity index (χ4v) is 7.42. The molecule has 0 amide bonds. The number of hydrogen-bond donors (Lipinski definition) is 0. The molecule has 9 aromatic rings. The van der Waals surface area contributed by atoms with Crippen LogP contribution in [0.5, 0.6) is 11.5 Å². The van der Waals surface area contributed by atoms with E-state index in [-0.39, 0.29) is 0 Å². The van der Waals surface area contributed by atoms with Crippen LogP contribution in [-0.4, -0.2) is 14.2 Å². The molecule has 0 aliphatic rings. The molecule has 0 heterocycles. The van der Waals surface area contributed by atoms with Crippen LogP contribution in [0.1, 0.15) is 11.1 Å². The average molecular weight is 725 g/mol. The number of fused-ring (bicyclic) bond motifs is 3. The third-order valence-electron chi connectivity index (χ3n) is 10.3. The van der Waals surface area contributed by atoms with Crippen LogP contribution in [0.4, 0.5) is 34.1 Å². The van der Waals surface area contributed by atoms with Crippen molar-refractivity contribution in [2.75, 3.05) is 24.0 Å². The van der Waals surface area contributed by atoms with E-state index in [2.05, 4.69) is 204 Å². The van der Waals surface area contributed by atoms with Crippen LogP contribution in [-0.2, 0) is 0 Å². The molecule has 0 fully saturated rings. The van der Waals surface area contributed by atoms with Crippen LogP contribution in [0.25, 0.3) is 44.5 Å². The van der Waals surface area contributed by atoms with Crippen molar-refractivity contribution in [3.05, 3.63) is 205 Å². The molecule has 0 aliphatic carbocycles. The Bertz CT molecular complexity index is 2830. The highest BCUT2D eigenvalue weighted by Gasteiger charge is 2.15. The Morgan fingerprint density at radius 2 is 0.643 bits per heavy atom. The fourth-order valence-electron chi connectivity index (χ4n) is 7.42. The van der Waals surface area contributed by atoms with Gasteiger partial charge in [-0.15, -0.1) is 0 Å². The summed E-state index contributed by atoms with van der Waals surface area (Å²) in [5, 5.41) is 6.99. The normalized spacial score (nSPS) is 11.3. The molecule has 4 heteroatoms. The van der Waals surface area contributed by atoms with Gasteiger partial charge < -0.3 is 19.3 Å².